The van der Waals surface area contributed by atoms with E-state index < -0.39 is 0 Å². The van der Waals surface area contributed by atoms with Crippen molar-refractivity contribution in [3.8, 4) is 0 Å². The molecule has 0 unspecified atom stereocenters. The Balaban J connectivity index is 2.90. The third-order valence-electron chi connectivity index (χ3n) is 2.30. The highest BCUT2D eigenvalue weighted by atomic mass is 15.1. The van der Waals surface area contributed by atoms with Gasteiger partial charge < -0.3 is 0 Å². The number of nitrogens with zero attached hydrogens (tertiary/aromatic N) is 3. The first kappa shape index (κ1) is 9.31. The summed E-state index contributed by atoms with van der Waals surface area (Å²) in [6, 6.07) is 11.7. The van der Waals surface area contributed by atoms with Gasteiger partial charge >= 0.3 is 0 Å². The molecule has 0 saturated carbocycles. The second-order valence-corrected chi connectivity index (χ2v) is 3.12. The second kappa shape index (κ2) is 3.86. The Labute approximate surface area is 87.3 Å². The topological polar surface area (TPSA) is 48.8 Å². The van der Waals surface area contributed by atoms with Crippen LogP contribution in [0.15, 0.2) is 48.1 Å². The van der Waals surface area contributed by atoms with Crippen LogP contribution in [0.2, 0.25) is 0 Å². The zero-order valence-electron chi connectivity index (χ0n) is 8.09. The van der Waals surface area contributed by atoms with Crippen molar-refractivity contribution in [3.05, 3.63) is 59.0 Å². The summed E-state index contributed by atoms with van der Waals surface area (Å²) in [5, 5.41) is 5.73. The van der Waals surface area contributed by atoms with Gasteiger partial charge in [-0.25, -0.2) is 0 Å². The number of fused-ring (bicyclic) bond motifs is 1. The maximum atomic E-state index is 8.52. The van der Waals surface area contributed by atoms with Crippen molar-refractivity contribution in [1.29, 1.82) is 0 Å². The lowest BCUT2D eigenvalue weighted by Gasteiger charge is -2.04. The Morgan fingerprint density at radius 2 is 2.00 bits per heavy atom. The van der Waals surface area contributed by atoms with Crippen LogP contribution in [0, 0.1) is 0 Å². The van der Waals surface area contributed by atoms with Crippen molar-refractivity contribution in [2.24, 2.45) is 5.11 Å². The Morgan fingerprint density at radius 1 is 1.20 bits per heavy atom. The standard InChI is InChI=1S/C12H9N3/c1-2-9-7-8-10-5-3-4-6-11(10)12(9)14-15-13/h2-8H,1H2. The van der Waals surface area contributed by atoms with Crippen molar-refractivity contribution in [3.63, 3.8) is 0 Å². The van der Waals surface area contributed by atoms with Gasteiger partial charge in [0.25, 0.3) is 0 Å². The molecule has 0 aliphatic heterocycles. The van der Waals surface area contributed by atoms with E-state index in [0.717, 1.165) is 16.3 Å². The molecule has 0 heterocycles. The van der Waals surface area contributed by atoms with Gasteiger partial charge in [-0.1, -0.05) is 54.2 Å². The van der Waals surface area contributed by atoms with Gasteiger partial charge in [0.05, 0.1) is 5.69 Å². The molecule has 15 heavy (non-hydrogen) atoms. The molecule has 3 nitrogen and oxygen atoms in total. The number of hydrogen-bond donors (Lipinski definition) is 0. The van der Waals surface area contributed by atoms with Gasteiger partial charge in [-0.2, -0.15) is 0 Å². The van der Waals surface area contributed by atoms with Crippen LogP contribution in [-0.4, -0.2) is 0 Å². The Bertz CT molecular complexity index is 566. The molecule has 0 amide bonds. The van der Waals surface area contributed by atoms with Gasteiger partial charge in [0.2, 0.25) is 0 Å². The minimum Gasteiger partial charge on any atom is -0.0985 e. The van der Waals surface area contributed by atoms with E-state index in [1.54, 1.807) is 6.08 Å². The van der Waals surface area contributed by atoms with E-state index in [1.165, 1.54) is 0 Å². The molecule has 0 atom stereocenters. The fraction of sp³-hybridized carbons (Fsp3) is 0. The summed E-state index contributed by atoms with van der Waals surface area (Å²) in [6.45, 7) is 3.70. The lowest BCUT2D eigenvalue weighted by Crippen LogP contribution is -1.77. The van der Waals surface area contributed by atoms with Gasteiger partial charge in [0.15, 0.2) is 0 Å². The SMILES string of the molecule is C=Cc1ccc2ccccc2c1N=[N+]=[N-]. The second-order valence-electron chi connectivity index (χ2n) is 3.12. The smallest absolute Gasteiger partial charge is 0.0525 e. The molecule has 0 aliphatic carbocycles. The largest absolute Gasteiger partial charge is 0.0985 e. The van der Waals surface area contributed by atoms with E-state index in [9.17, 15) is 0 Å². The maximum Gasteiger partial charge on any atom is 0.0525 e. The molecule has 0 spiro atoms. The fourth-order valence-electron chi connectivity index (χ4n) is 1.59. The first-order valence-electron chi connectivity index (χ1n) is 4.56. The van der Waals surface area contributed by atoms with Crippen LogP contribution in [0.5, 0.6) is 0 Å². The van der Waals surface area contributed by atoms with Crippen molar-refractivity contribution < 1.29 is 0 Å². The lowest BCUT2D eigenvalue weighted by molar-refractivity contribution is 1.49. The van der Waals surface area contributed by atoms with E-state index in [4.69, 9.17) is 5.53 Å². The third-order valence-corrected chi connectivity index (χ3v) is 2.30. The average molecular weight is 195 g/mol. The van der Waals surface area contributed by atoms with Crippen LogP contribution >= 0.6 is 0 Å². The summed E-state index contributed by atoms with van der Waals surface area (Å²) in [4.78, 5) is 2.84. The van der Waals surface area contributed by atoms with Gasteiger partial charge in [0, 0.05) is 4.91 Å². The minimum absolute atomic E-state index is 0.644. The molecule has 72 valence electrons. The first-order valence-corrected chi connectivity index (χ1v) is 4.56. The molecule has 0 radical (unpaired) electrons. The zero-order chi connectivity index (χ0) is 10.7. The molecule has 2 aromatic rings. The van der Waals surface area contributed by atoms with Crippen LogP contribution in [0.1, 0.15) is 5.56 Å². The fourth-order valence-corrected chi connectivity index (χ4v) is 1.59. The quantitative estimate of drug-likeness (QED) is 0.387. The van der Waals surface area contributed by atoms with Crippen molar-refractivity contribution in [1.82, 2.24) is 0 Å². The molecular formula is C12H9N3. The van der Waals surface area contributed by atoms with Crippen LogP contribution in [0.25, 0.3) is 27.3 Å². The van der Waals surface area contributed by atoms with E-state index in [-0.39, 0.29) is 0 Å². The van der Waals surface area contributed by atoms with E-state index in [1.807, 2.05) is 36.4 Å². The molecular weight excluding hydrogens is 186 g/mol. The number of rotatable bonds is 2. The highest BCUT2D eigenvalue weighted by Crippen LogP contribution is 2.30. The van der Waals surface area contributed by atoms with Crippen LogP contribution in [0.4, 0.5) is 5.69 Å². The summed E-state index contributed by atoms with van der Waals surface area (Å²) in [5.41, 5.74) is 10.0. The highest BCUT2D eigenvalue weighted by Gasteiger charge is 2.02. The van der Waals surface area contributed by atoms with Crippen molar-refractivity contribution in [2.45, 2.75) is 0 Å². The summed E-state index contributed by atoms with van der Waals surface area (Å²) < 4.78 is 0. The molecule has 0 bridgehead atoms. The number of azide groups is 1. The summed E-state index contributed by atoms with van der Waals surface area (Å²) in [7, 11) is 0. The van der Waals surface area contributed by atoms with Gasteiger partial charge in [-0.3, -0.25) is 0 Å². The number of benzene rings is 2. The summed E-state index contributed by atoms with van der Waals surface area (Å²) in [5.74, 6) is 0. The van der Waals surface area contributed by atoms with Gasteiger partial charge in [-0.05, 0) is 21.9 Å². The third kappa shape index (κ3) is 1.56. The van der Waals surface area contributed by atoms with Crippen LogP contribution < -0.4 is 0 Å². The predicted octanol–water partition coefficient (Wildman–Crippen LogP) is 4.42. The molecule has 0 fully saturated rings. The number of hydrogen-bond acceptors (Lipinski definition) is 1. The molecule has 2 rings (SSSR count). The maximum absolute atomic E-state index is 8.52. The molecule has 0 aromatic heterocycles. The molecule has 3 heteroatoms. The summed E-state index contributed by atoms with van der Waals surface area (Å²) in [6.07, 6.45) is 1.69. The Kier molecular flexibility index (Phi) is 2.40. The Morgan fingerprint density at radius 3 is 2.73 bits per heavy atom. The molecule has 0 N–H and O–H groups in total. The van der Waals surface area contributed by atoms with Crippen LogP contribution in [0.3, 0.4) is 0 Å². The van der Waals surface area contributed by atoms with Crippen LogP contribution in [-0.2, 0) is 0 Å². The molecule has 0 saturated heterocycles. The van der Waals surface area contributed by atoms with Gasteiger partial charge in [-0.15, -0.1) is 0 Å². The Hall–Kier alpha value is -2.25. The van der Waals surface area contributed by atoms with Crippen molar-refractivity contribution in [2.75, 3.05) is 0 Å². The molecule has 2 aromatic carbocycles. The highest BCUT2D eigenvalue weighted by molar-refractivity contribution is 5.96. The zero-order valence-corrected chi connectivity index (χ0v) is 8.09. The molecule has 0 aliphatic rings. The van der Waals surface area contributed by atoms with E-state index in [2.05, 4.69) is 16.6 Å². The minimum atomic E-state index is 0.644. The lowest BCUT2D eigenvalue weighted by atomic mass is 10.0. The van der Waals surface area contributed by atoms with Crippen molar-refractivity contribution >= 4 is 22.5 Å². The van der Waals surface area contributed by atoms with E-state index in [0.29, 0.717) is 5.69 Å². The normalized spacial score (nSPS) is 9.60. The monoisotopic (exact) mass is 195 g/mol. The van der Waals surface area contributed by atoms with E-state index >= 15 is 0 Å². The predicted molar refractivity (Wildman–Crippen MR) is 62.8 cm³/mol. The van der Waals surface area contributed by atoms with Gasteiger partial charge in [0.1, 0.15) is 0 Å². The summed E-state index contributed by atoms with van der Waals surface area (Å²) >= 11 is 0. The average Bonchev–Trinajstić information content (AvgIpc) is 2.30. The first-order chi connectivity index (χ1) is 7.36.